The molecule has 1 heteroatoms. The molecular formula is C20H27Br. The van der Waals surface area contributed by atoms with Gasteiger partial charge in [-0.25, -0.2) is 0 Å². The van der Waals surface area contributed by atoms with Gasteiger partial charge in [-0.15, -0.1) is 0 Å². The summed E-state index contributed by atoms with van der Waals surface area (Å²) in [7, 11) is 0. The molecule has 0 N–H and O–H groups in total. The second-order valence-electron chi connectivity index (χ2n) is 5.91. The van der Waals surface area contributed by atoms with Crippen molar-refractivity contribution in [2.45, 2.75) is 57.8 Å². The number of hydrogen-bond donors (Lipinski definition) is 0. The largest absolute Gasteiger partial charge is 0.0928 e. The number of fused-ring (bicyclic) bond motifs is 1. The van der Waals surface area contributed by atoms with Gasteiger partial charge in [0.2, 0.25) is 0 Å². The lowest BCUT2D eigenvalue weighted by molar-refractivity contribution is 0.577. The molecule has 2 rings (SSSR count). The maximum Gasteiger partial charge on any atom is 0.00313 e. The molecule has 0 atom stereocenters. The Kier molecular flexibility index (Phi) is 7.88. The Labute approximate surface area is 138 Å². The molecule has 0 nitrogen and oxygen atoms in total. The molecule has 0 unspecified atom stereocenters. The third-order valence-electron chi connectivity index (χ3n) is 4.21. The van der Waals surface area contributed by atoms with Gasteiger partial charge in [0.15, 0.2) is 0 Å². The summed E-state index contributed by atoms with van der Waals surface area (Å²) in [5.41, 5.74) is 1.52. The van der Waals surface area contributed by atoms with E-state index in [2.05, 4.69) is 58.4 Å². The summed E-state index contributed by atoms with van der Waals surface area (Å²) >= 11 is 3.49. The van der Waals surface area contributed by atoms with Crippen LogP contribution in [0, 0.1) is 0 Å². The van der Waals surface area contributed by atoms with E-state index in [0.717, 1.165) is 5.33 Å². The molecule has 0 spiro atoms. The molecule has 0 heterocycles. The van der Waals surface area contributed by atoms with Gasteiger partial charge in [-0.2, -0.15) is 0 Å². The van der Waals surface area contributed by atoms with Gasteiger partial charge in [-0.05, 0) is 35.6 Å². The first kappa shape index (κ1) is 16.5. The normalized spacial score (nSPS) is 11.1. The predicted octanol–water partition coefficient (Wildman–Crippen LogP) is 6.90. The maximum absolute atomic E-state index is 3.49. The van der Waals surface area contributed by atoms with Crippen molar-refractivity contribution in [2.75, 3.05) is 5.33 Å². The SMILES string of the molecule is BrCCCCCCCCCCc1cccc2ccccc12. The summed E-state index contributed by atoms with van der Waals surface area (Å²) < 4.78 is 0. The fraction of sp³-hybridized carbons (Fsp3) is 0.500. The molecule has 114 valence electrons. The zero-order valence-electron chi connectivity index (χ0n) is 13.0. The van der Waals surface area contributed by atoms with Crippen LogP contribution in [0.25, 0.3) is 10.8 Å². The summed E-state index contributed by atoms with van der Waals surface area (Å²) in [5, 5.41) is 3.98. The summed E-state index contributed by atoms with van der Waals surface area (Å²) in [6, 6.07) is 15.5. The van der Waals surface area contributed by atoms with E-state index >= 15 is 0 Å². The van der Waals surface area contributed by atoms with E-state index in [1.54, 1.807) is 0 Å². The Bertz CT molecular complexity index is 513. The number of hydrogen-bond acceptors (Lipinski definition) is 0. The molecule has 21 heavy (non-hydrogen) atoms. The van der Waals surface area contributed by atoms with Crippen molar-refractivity contribution >= 4 is 26.7 Å². The topological polar surface area (TPSA) is 0 Å². The van der Waals surface area contributed by atoms with Crippen molar-refractivity contribution in [3.8, 4) is 0 Å². The summed E-state index contributed by atoms with van der Waals surface area (Å²) in [4.78, 5) is 0. The van der Waals surface area contributed by atoms with Gasteiger partial charge in [0.1, 0.15) is 0 Å². The van der Waals surface area contributed by atoms with Gasteiger partial charge in [-0.3, -0.25) is 0 Å². The smallest absolute Gasteiger partial charge is 0.00313 e. The van der Waals surface area contributed by atoms with Crippen LogP contribution in [0.3, 0.4) is 0 Å². The van der Waals surface area contributed by atoms with E-state index in [4.69, 9.17) is 0 Å². The third kappa shape index (κ3) is 5.82. The number of rotatable bonds is 10. The quantitative estimate of drug-likeness (QED) is 0.324. The third-order valence-corrected chi connectivity index (χ3v) is 4.77. The molecule has 0 aromatic heterocycles. The lowest BCUT2D eigenvalue weighted by atomic mass is 9.99. The van der Waals surface area contributed by atoms with Crippen molar-refractivity contribution in [1.82, 2.24) is 0 Å². The highest BCUT2D eigenvalue weighted by Crippen LogP contribution is 2.20. The zero-order valence-corrected chi connectivity index (χ0v) is 14.6. The maximum atomic E-state index is 3.49. The number of benzene rings is 2. The van der Waals surface area contributed by atoms with E-state index in [0.29, 0.717) is 0 Å². The van der Waals surface area contributed by atoms with E-state index in [1.165, 1.54) is 74.1 Å². The molecule has 0 aliphatic heterocycles. The van der Waals surface area contributed by atoms with Crippen LogP contribution in [0.1, 0.15) is 56.9 Å². The molecule has 0 aliphatic rings. The van der Waals surface area contributed by atoms with Gasteiger partial charge in [-0.1, -0.05) is 96.9 Å². The van der Waals surface area contributed by atoms with Crippen molar-refractivity contribution in [1.29, 1.82) is 0 Å². The van der Waals surface area contributed by atoms with Crippen LogP contribution in [-0.2, 0) is 6.42 Å². The van der Waals surface area contributed by atoms with E-state index in [9.17, 15) is 0 Å². The average molecular weight is 347 g/mol. The zero-order chi connectivity index (χ0) is 14.8. The highest BCUT2D eigenvalue weighted by atomic mass is 79.9. The van der Waals surface area contributed by atoms with Crippen LogP contribution in [0.4, 0.5) is 0 Å². The molecule has 0 radical (unpaired) electrons. The van der Waals surface area contributed by atoms with Gasteiger partial charge in [0.25, 0.3) is 0 Å². The minimum absolute atomic E-state index is 1.16. The van der Waals surface area contributed by atoms with E-state index in [-0.39, 0.29) is 0 Å². The Hall–Kier alpha value is -0.820. The first-order chi connectivity index (χ1) is 10.4. The molecule has 2 aromatic carbocycles. The molecule has 0 amide bonds. The lowest BCUT2D eigenvalue weighted by Gasteiger charge is -2.06. The van der Waals surface area contributed by atoms with Crippen LogP contribution in [0.15, 0.2) is 42.5 Å². The monoisotopic (exact) mass is 346 g/mol. The first-order valence-corrected chi connectivity index (χ1v) is 9.56. The molecule has 0 saturated carbocycles. The average Bonchev–Trinajstić information content (AvgIpc) is 2.53. The van der Waals surface area contributed by atoms with Crippen LogP contribution in [0.2, 0.25) is 0 Å². The Balaban J connectivity index is 1.64. The van der Waals surface area contributed by atoms with E-state index < -0.39 is 0 Å². The van der Waals surface area contributed by atoms with Gasteiger partial charge in [0, 0.05) is 5.33 Å². The fourth-order valence-electron chi connectivity index (χ4n) is 2.98. The molecule has 0 aliphatic carbocycles. The number of halogens is 1. The standard InChI is InChI=1S/C20H27Br/c21-17-10-6-4-2-1-3-5-7-12-18-14-11-15-19-13-8-9-16-20(18)19/h8-9,11,13-16H,1-7,10,12,17H2. The van der Waals surface area contributed by atoms with Crippen molar-refractivity contribution < 1.29 is 0 Å². The van der Waals surface area contributed by atoms with Crippen molar-refractivity contribution in [2.24, 2.45) is 0 Å². The van der Waals surface area contributed by atoms with Gasteiger partial charge < -0.3 is 0 Å². The predicted molar refractivity (Wildman–Crippen MR) is 98.4 cm³/mol. The summed E-state index contributed by atoms with van der Waals surface area (Å²) in [6.45, 7) is 0. The molecule has 2 aromatic rings. The highest BCUT2D eigenvalue weighted by Gasteiger charge is 2.00. The number of alkyl halides is 1. The van der Waals surface area contributed by atoms with Crippen LogP contribution >= 0.6 is 15.9 Å². The van der Waals surface area contributed by atoms with Crippen molar-refractivity contribution in [3.63, 3.8) is 0 Å². The Morgan fingerprint density at radius 3 is 2.00 bits per heavy atom. The molecular weight excluding hydrogens is 320 g/mol. The Morgan fingerprint density at radius 2 is 1.24 bits per heavy atom. The van der Waals surface area contributed by atoms with Crippen LogP contribution in [-0.4, -0.2) is 5.33 Å². The lowest BCUT2D eigenvalue weighted by Crippen LogP contribution is -1.88. The minimum atomic E-state index is 1.16. The number of unbranched alkanes of at least 4 members (excludes halogenated alkanes) is 7. The second kappa shape index (κ2) is 10.00. The van der Waals surface area contributed by atoms with Gasteiger partial charge in [0.05, 0.1) is 0 Å². The number of aryl methyl sites for hydroxylation is 1. The first-order valence-electron chi connectivity index (χ1n) is 8.44. The van der Waals surface area contributed by atoms with Crippen LogP contribution < -0.4 is 0 Å². The van der Waals surface area contributed by atoms with Crippen LogP contribution in [0.5, 0.6) is 0 Å². The van der Waals surface area contributed by atoms with Gasteiger partial charge >= 0.3 is 0 Å². The molecule has 0 saturated heterocycles. The molecule has 0 fully saturated rings. The molecule has 0 bridgehead atoms. The van der Waals surface area contributed by atoms with Crippen molar-refractivity contribution in [3.05, 3.63) is 48.0 Å². The highest BCUT2D eigenvalue weighted by molar-refractivity contribution is 9.09. The minimum Gasteiger partial charge on any atom is -0.0928 e. The summed E-state index contributed by atoms with van der Waals surface area (Å²) in [5.74, 6) is 0. The van der Waals surface area contributed by atoms with E-state index in [1.807, 2.05) is 0 Å². The Morgan fingerprint density at radius 1 is 0.619 bits per heavy atom. The summed E-state index contributed by atoms with van der Waals surface area (Å²) in [6.07, 6.45) is 12.3. The second-order valence-corrected chi connectivity index (χ2v) is 6.70. The fourth-order valence-corrected chi connectivity index (χ4v) is 3.38.